The lowest BCUT2D eigenvalue weighted by Gasteiger charge is -2.34. The lowest BCUT2D eigenvalue weighted by Crippen LogP contribution is -2.49. The number of rotatable bonds is 4. The smallest absolute Gasteiger partial charge is 0.277 e. The Bertz CT molecular complexity index is 751. The minimum absolute atomic E-state index is 0.243. The van der Waals surface area contributed by atoms with E-state index in [0.29, 0.717) is 16.0 Å². The van der Waals surface area contributed by atoms with Crippen molar-refractivity contribution in [3.05, 3.63) is 47.0 Å². The van der Waals surface area contributed by atoms with Crippen LogP contribution in [0.4, 0.5) is 0 Å². The van der Waals surface area contributed by atoms with Gasteiger partial charge in [-0.3, -0.25) is 10.1 Å². The van der Waals surface area contributed by atoms with Crippen LogP contribution in [0.1, 0.15) is 11.3 Å². The molecule has 0 radical (unpaired) electrons. The first kappa shape index (κ1) is 22.1. The maximum Gasteiger partial charge on any atom is 0.277 e. The van der Waals surface area contributed by atoms with Crippen molar-refractivity contribution in [2.75, 3.05) is 32.8 Å². The monoisotopic (exact) mass is 451 g/mol. The fraction of sp³-hybridized carbons (Fsp3) is 0.538. The molecule has 12 nitrogen and oxygen atoms in total. The molecule has 0 saturated carbocycles. The summed E-state index contributed by atoms with van der Waals surface area (Å²) in [6.45, 7) is 1.78. The molecular weight excluding hydrogens is 434 g/mol. The van der Waals surface area contributed by atoms with E-state index < -0.39 is 9.96 Å². The first-order valence-electron chi connectivity index (χ1n) is 7.94. The molecule has 0 atom stereocenters. The second kappa shape index (κ2) is 11.0. The largest absolute Gasteiger partial charge is 0.375 e. The fourth-order valence-corrected chi connectivity index (χ4v) is 4.08. The van der Waals surface area contributed by atoms with Crippen LogP contribution < -0.4 is 5.32 Å². The summed E-state index contributed by atoms with van der Waals surface area (Å²) >= 11 is 8.55. The third-order valence-corrected chi connectivity index (χ3v) is 5.45. The highest BCUT2D eigenvalue weighted by Crippen LogP contribution is 2.20. The van der Waals surface area contributed by atoms with E-state index in [1.54, 1.807) is 23.0 Å². The summed E-state index contributed by atoms with van der Waals surface area (Å²) < 4.78 is 5.72. The minimum Gasteiger partial charge on any atom is -0.375 e. The predicted molar refractivity (Wildman–Crippen MR) is 106 cm³/mol. The highest BCUT2D eigenvalue weighted by atomic mass is 35.5. The van der Waals surface area contributed by atoms with Crippen LogP contribution in [0.15, 0.2) is 22.5 Å². The standard InChI is InChI=1S/C8H10ClN5O3S.C5H8N2O2S/c1-12-4-17-5-13(8(12)11-14(15)16)3-6-2-10-7(9)18-6;8-7(9)4-5-6-2-1-3-10-5/h2H,3-5H2,1H3;4,6H,1-3H2/b11-8+;5-4-. The van der Waals surface area contributed by atoms with E-state index in [1.807, 2.05) is 0 Å². The van der Waals surface area contributed by atoms with Gasteiger partial charge in [0.25, 0.3) is 12.2 Å². The van der Waals surface area contributed by atoms with Crippen LogP contribution in [-0.2, 0) is 11.3 Å². The summed E-state index contributed by atoms with van der Waals surface area (Å²) in [5.74, 6) is 1.24. The zero-order valence-corrected chi connectivity index (χ0v) is 17.2. The first-order valence-corrected chi connectivity index (χ1v) is 10.1. The zero-order valence-electron chi connectivity index (χ0n) is 14.8. The summed E-state index contributed by atoms with van der Waals surface area (Å²) in [4.78, 5) is 28.0. The van der Waals surface area contributed by atoms with Crippen LogP contribution in [-0.4, -0.2) is 63.5 Å². The quantitative estimate of drug-likeness (QED) is 0.532. The van der Waals surface area contributed by atoms with Gasteiger partial charge in [-0.15, -0.1) is 23.1 Å². The molecule has 0 aromatic carbocycles. The Morgan fingerprint density at radius 3 is 2.82 bits per heavy atom. The van der Waals surface area contributed by atoms with Gasteiger partial charge in [0.1, 0.15) is 23.6 Å². The van der Waals surface area contributed by atoms with Crippen LogP contribution in [0.25, 0.3) is 0 Å². The van der Waals surface area contributed by atoms with E-state index in [9.17, 15) is 20.2 Å². The number of hydrazone groups is 1. The molecule has 2 fully saturated rings. The molecule has 0 bridgehead atoms. The molecule has 0 aliphatic carbocycles. The average Bonchev–Trinajstić information content (AvgIpc) is 3.03. The van der Waals surface area contributed by atoms with Crippen molar-refractivity contribution in [2.45, 2.75) is 13.0 Å². The zero-order chi connectivity index (χ0) is 20.5. The predicted octanol–water partition coefficient (Wildman–Crippen LogP) is 1.81. The second-order valence-corrected chi connectivity index (χ2v) is 8.32. The van der Waals surface area contributed by atoms with Crippen LogP contribution in [0.3, 0.4) is 0 Å². The van der Waals surface area contributed by atoms with E-state index in [2.05, 4.69) is 15.4 Å². The maximum absolute atomic E-state index is 10.5. The Balaban J connectivity index is 0.000000237. The van der Waals surface area contributed by atoms with Crippen LogP contribution in [0, 0.1) is 20.2 Å². The van der Waals surface area contributed by atoms with E-state index >= 15 is 0 Å². The molecule has 0 amide bonds. The Labute approximate surface area is 173 Å². The van der Waals surface area contributed by atoms with Crippen molar-refractivity contribution >= 4 is 40.7 Å². The summed E-state index contributed by atoms with van der Waals surface area (Å²) in [5, 5.41) is 26.7. The molecular formula is C13H18ClN7O5S2. The van der Waals surface area contributed by atoms with Crippen molar-refractivity contribution in [3.8, 4) is 0 Å². The molecule has 2 saturated heterocycles. The topological polar surface area (TPSA) is 139 Å². The van der Waals surface area contributed by atoms with Gasteiger partial charge in [0.2, 0.25) is 0 Å². The van der Waals surface area contributed by atoms with E-state index in [0.717, 1.165) is 29.8 Å². The molecule has 154 valence electrons. The number of halogens is 1. The Morgan fingerprint density at radius 1 is 1.46 bits per heavy atom. The number of hydrogen-bond donors (Lipinski definition) is 1. The van der Waals surface area contributed by atoms with Gasteiger partial charge in [-0.05, 0) is 6.42 Å². The minimum atomic E-state index is -0.718. The van der Waals surface area contributed by atoms with Crippen LogP contribution in [0.2, 0.25) is 4.47 Å². The lowest BCUT2D eigenvalue weighted by molar-refractivity contribution is -0.486. The van der Waals surface area contributed by atoms with Gasteiger partial charge >= 0.3 is 0 Å². The summed E-state index contributed by atoms with van der Waals surface area (Å²) in [7, 11) is 1.67. The Morgan fingerprint density at radius 2 is 2.25 bits per heavy atom. The summed E-state index contributed by atoms with van der Waals surface area (Å²) in [6, 6.07) is 0. The second-order valence-electron chi connectivity index (χ2n) is 5.48. The first-order chi connectivity index (χ1) is 13.3. The van der Waals surface area contributed by atoms with Gasteiger partial charge in [-0.2, -0.15) is 0 Å². The number of aromatic nitrogens is 1. The normalized spacial score (nSPS) is 19.8. The number of guanidine groups is 1. The van der Waals surface area contributed by atoms with Crippen LogP contribution >= 0.6 is 34.7 Å². The maximum atomic E-state index is 10.5. The van der Waals surface area contributed by atoms with Crippen molar-refractivity contribution < 1.29 is 14.7 Å². The number of nitro groups is 2. The third kappa shape index (κ3) is 7.46. The SMILES string of the molecule is CN1COCN(Cc2cnc(Cl)s2)/C1=N/[N+](=O)[O-].O=[N+]([O-])/C=C1/NCCCS1. The Kier molecular flexibility index (Phi) is 8.69. The molecule has 0 spiro atoms. The molecule has 15 heteroatoms. The van der Waals surface area contributed by atoms with Gasteiger partial charge in [0, 0.05) is 30.4 Å². The van der Waals surface area contributed by atoms with Crippen molar-refractivity contribution in [1.29, 1.82) is 0 Å². The average molecular weight is 452 g/mol. The highest BCUT2D eigenvalue weighted by molar-refractivity contribution is 8.03. The molecule has 1 aromatic rings. The van der Waals surface area contributed by atoms with E-state index in [-0.39, 0.29) is 19.4 Å². The van der Waals surface area contributed by atoms with Gasteiger partial charge < -0.3 is 19.9 Å². The molecule has 0 unspecified atom stereocenters. The van der Waals surface area contributed by atoms with Crippen molar-refractivity contribution in [1.82, 2.24) is 20.1 Å². The number of hydrogen-bond acceptors (Lipinski definition) is 9. The molecule has 1 N–H and O–H groups in total. The Hall–Kier alpha value is -2.16. The molecule has 2 aliphatic heterocycles. The number of ether oxygens (including phenoxy) is 1. The molecule has 3 rings (SSSR count). The van der Waals surface area contributed by atoms with E-state index in [1.165, 1.54) is 23.1 Å². The number of nitrogens with one attached hydrogen (secondary N) is 1. The number of nitrogens with zero attached hydrogens (tertiary/aromatic N) is 6. The summed E-state index contributed by atoms with van der Waals surface area (Å²) in [5.41, 5.74) is 0. The molecule has 2 aliphatic rings. The van der Waals surface area contributed by atoms with Gasteiger partial charge in [0.05, 0.1) is 11.5 Å². The summed E-state index contributed by atoms with van der Waals surface area (Å²) in [6.07, 6.45) is 3.73. The lowest BCUT2D eigenvalue weighted by atomic mass is 10.5. The van der Waals surface area contributed by atoms with Crippen molar-refractivity contribution in [3.63, 3.8) is 0 Å². The van der Waals surface area contributed by atoms with Crippen LogP contribution in [0.5, 0.6) is 0 Å². The highest BCUT2D eigenvalue weighted by Gasteiger charge is 2.25. The van der Waals surface area contributed by atoms with Gasteiger partial charge in [0.15, 0.2) is 9.50 Å². The van der Waals surface area contributed by atoms with E-state index in [4.69, 9.17) is 16.3 Å². The molecule has 28 heavy (non-hydrogen) atoms. The van der Waals surface area contributed by atoms with Crippen molar-refractivity contribution in [2.24, 2.45) is 5.10 Å². The molecule has 1 aromatic heterocycles. The fourth-order valence-electron chi connectivity index (χ4n) is 2.21. The van der Waals surface area contributed by atoms with Gasteiger partial charge in [-0.1, -0.05) is 11.6 Å². The van der Waals surface area contributed by atoms with Gasteiger partial charge in [-0.25, -0.2) is 15.1 Å². The molecule has 3 heterocycles. The number of thioether (sulfide) groups is 1. The number of thiazole rings is 1. The third-order valence-electron chi connectivity index (χ3n) is 3.30.